The lowest BCUT2D eigenvalue weighted by atomic mass is 10.6. The predicted octanol–water partition coefficient (Wildman–Crippen LogP) is 0.685. The number of aliphatic imine (C=N–C) groups is 2. The highest BCUT2D eigenvalue weighted by atomic mass is 16.1. The monoisotopic (exact) mass is 136 g/mol. The van der Waals surface area contributed by atoms with Crippen molar-refractivity contribution >= 4 is 12.2 Å². The molecule has 50 valence electrons. The minimum atomic E-state index is 1.23. The number of allylic oxidation sites excluding steroid dienone is 2. The van der Waals surface area contributed by atoms with Crippen molar-refractivity contribution < 1.29 is 9.59 Å². The molecular formula is C6H4N2O2. The zero-order valence-electron chi connectivity index (χ0n) is 5.02. The van der Waals surface area contributed by atoms with E-state index < -0.39 is 0 Å². The third-order valence-corrected chi connectivity index (χ3v) is 0.538. The van der Waals surface area contributed by atoms with Crippen LogP contribution in [0.5, 0.6) is 0 Å². The Kier molecular flexibility index (Phi) is 5.97. The molecule has 0 atom stereocenters. The van der Waals surface area contributed by atoms with Gasteiger partial charge in [0.05, 0.1) is 0 Å². The van der Waals surface area contributed by atoms with Crippen LogP contribution in [0.3, 0.4) is 0 Å². The normalized spacial score (nSPS) is 9.20. The van der Waals surface area contributed by atoms with Crippen LogP contribution in [0.15, 0.2) is 34.5 Å². The van der Waals surface area contributed by atoms with Gasteiger partial charge in [-0.15, -0.1) is 0 Å². The number of isocyanates is 2. The molecule has 0 fully saturated rings. The molecule has 0 unspecified atom stereocenters. The molecule has 0 radical (unpaired) electrons. The summed E-state index contributed by atoms with van der Waals surface area (Å²) in [7, 11) is 0. The number of hydrogen-bond donors (Lipinski definition) is 0. The lowest BCUT2D eigenvalue weighted by Gasteiger charge is -1.65. The van der Waals surface area contributed by atoms with Crippen molar-refractivity contribution in [1.29, 1.82) is 0 Å². The molecule has 4 nitrogen and oxygen atoms in total. The van der Waals surface area contributed by atoms with Crippen LogP contribution in [-0.4, -0.2) is 12.2 Å². The molecule has 0 rings (SSSR count). The van der Waals surface area contributed by atoms with Crippen molar-refractivity contribution in [2.45, 2.75) is 0 Å². The average molecular weight is 136 g/mol. The van der Waals surface area contributed by atoms with E-state index in [-0.39, 0.29) is 0 Å². The van der Waals surface area contributed by atoms with Crippen LogP contribution in [0.4, 0.5) is 0 Å². The Bertz CT molecular complexity index is 204. The molecule has 0 amide bonds. The summed E-state index contributed by atoms with van der Waals surface area (Å²) in [6.45, 7) is 0. The molecular weight excluding hydrogens is 132 g/mol. The van der Waals surface area contributed by atoms with Crippen LogP contribution in [-0.2, 0) is 9.59 Å². The molecule has 10 heavy (non-hydrogen) atoms. The van der Waals surface area contributed by atoms with E-state index in [1.807, 2.05) is 0 Å². The van der Waals surface area contributed by atoms with Gasteiger partial charge >= 0.3 is 0 Å². The van der Waals surface area contributed by atoms with Crippen LogP contribution >= 0.6 is 0 Å². The zero-order chi connectivity index (χ0) is 7.66. The number of nitrogens with zero attached hydrogens (tertiary/aromatic N) is 2. The van der Waals surface area contributed by atoms with Crippen molar-refractivity contribution in [1.82, 2.24) is 0 Å². The van der Waals surface area contributed by atoms with E-state index in [0.29, 0.717) is 0 Å². The molecule has 0 aromatic heterocycles. The maximum Gasteiger partial charge on any atom is 0.239 e. The Morgan fingerprint density at radius 1 is 0.900 bits per heavy atom. The topological polar surface area (TPSA) is 58.9 Å². The number of hydrogen-bond acceptors (Lipinski definition) is 4. The highest BCUT2D eigenvalue weighted by Gasteiger charge is 1.60. The summed E-state index contributed by atoms with van der Waals surface area (Å²) in [5, 5.41) is 0. The first-order valence-corrected chi connectivity index (χ1v) is 2.37. The summed E-state index contributed by atoms with van der Waals surface area (Å²) in [5.74, 6) is 0. The second kappa shape index (κ2) is 7.24. The third-order valence-electron chi connectivity index (χ3n) is 0.538. The first-order valence-electron chi connectivity index (χ1n) is 2.37. The van der Waals surface area contributed by atoms with Gasteiger partial charge in [-0.1, -0.05) is 0 Å². The lowest BCUT2D eigenvalue weighted by Crippen LogP contribution is -1.50. The summed E-state index contributed by atoms with van der Waals surface area (Å²) in [5.41, 5.74) is 0. The van der Waals surface area contributed by atoms with Gasteiger partial charge in [-0.25, -0.2) is 9.59 Å². The molecule has 0 bridgehead atoms. The van der Waals surface area contributed by atoms with Crippen LogP contribution in [0.2, 0.25) is 0 Å². The van der Waals surface area contributed by atoms with E-state index >= 15 is 0 Å². The third kappa shape index (κ3) is 6.24. The molecule has 0 aliphatic heterocycles. The van der Waals surface area contributed by atoms with Crippen molar-refractivity contribution in [2.24, 2.45) is 9.98 Å². The van der Waals surface area contributed by atoms with Crippen LogP contribution in [0, 0.1) is 0 Å². The van der Waals surface area contributed by atoms with Gasteiger partial charge in [0.2, 0.25) is 12.2 Å². The van der Waals surface area contributed by atoms with Gasteiger partial charge in [0, 0.05) is 12.4 Å². The van der Waals surface area contributed by atoms with Gasteiger partial charge in [0.25, 0.3) is 0 Å². The smallest absolute Gasteiger partial charge is 0.211 e. The standard InChI is InChI=1S/C6H4N2O2/c9-5-7-3-1-2-4-8-6-10/h1-4H/b3-1+,4-2+. The maximum atomic E-state index is 9.44. The van der Waals surface area contributed by atoms with E-state index in [1.54, 1.807) is 0 Å². The molecule has 0 aromatic carbocycles. The fraction of sp³-hybridized carbons (Fsp3) is 0. The SMILES string of the molecule is O=C=N/C=C/C=C/N=C=O. The van der Waals surface area contributed by atoms with Gasteiger partial charge in [0.15, 0.2) is 0 Å². The Hall–Kier alpha value is -1.76. The number of rotatable bonds is 3. The largest absolute Gasteiger partial charge is 0.239 e. The predicted molar refractivity (Wildman–Crippen MR) is 34.5 cm³/mol. The van der Waals surface area contributed by atoms with Crippen molar-refractivity contribution in [3.8, 4) is 0 Å². The molecule has 0 aliphatic rings. The summed E-state index contributed by atoms with van der Waals surface area (Å²) in [4.78, 5) is 25.1. The summed E-state index contributed by atoms with van der Waals surface area (Å²) < 4.78 is 0. The number of carbonyl (C=O) groups excluding carboxylic acids is 2. The molecule has 0 saturated carbocycles. The average Bonchev–Trinajstić information content (AvgIpc) is 1.97. The molecule has 0 heterocycles. The van der Waals surface area contributed by atoms with Crippen LogP contribution < -0.4 is 0 Å². The minimum absolute atomic E-state index is 1.23. The van der Waals surface area contributed by atoms with E-state index in [2.05, 4.69) is 9.98 Å². The first-order chi connectivity index (χ1) is 4.91. The molecule has 4 heteroatoms. The molecule has 0 N–H and O–H groups in total. The van der Waals surface area contributed by atoms with E-state index in [0.717, 1.165) is 0 Å². The maximum absolute atomic E-state index is 9.44. The Morgan fingerprint density at radius 3 is 1.60 bits per heavy atom. The molecule has 0 spiro atoms. The Balaban J connectivity index is 3.71. The Labute approximate surface area is 57.3 Å². The highest BCUT2D eigenvalue weighted by Crippen LogP contribution is 1.76. The summed E-state index contributed by atoms with van der Waals surface area (Å²) in [6.07, 6.45) is 7.93. The quantitative estimate of drug-likeness (QED) is 0.325. The van der Waals surface area contributed by atoms with Gasteiger partial charge in [0.1, 0.15) is 0 Å². The van der Waals surface area contributed by atoms with Gasteiger partial charge in [-0.2, -0.15) is 9.98 Å². The summed E-state index contributed by atoms with van der Waals surface area (Å²) >= 11 is 0. The fourth-order valence-corrected chi connectivity index (χ4v) is 0.246. The van der Waals surface area contributed by atoms with E-state index in [1.165, 1.54) is 36.7 Å². The fourth-order valence-electron chi connectivity index (χ4n) is 0.246. The van der Waals surface area contributed by atoms with Crippen LogP contribution in [0.1, 0.15) is 0 Å². The van der Waals surface area contributed by atoms with Crippen molar-refractivity contribution in [2.75, 3.05) is 0 Å². The lowest BCUT2D eigenvalue weighted by molar-refractivity contribution is 0.564. The van der Waals surface area contributed by atoms with Gasteiger partial charge < -0.3 is 0 Å². The van der Waals surface area contributed by atoms with E-state index in [4.69, 9.17) is 0 Å². The second-order valence-electron chi connectivity index (χ2n) is 1.12. The van der Waals surface area contributed by atoms with Crippen molar-refractivity contribution in [3.63, 3.8) is 0 Å². The van der Waals surface area contributed by atoms with E-state index in [9.17, 15) is 9.59 Å². The molecule has 0 aliphatic carbocycles. The molecule has 0 aromatic rings. The van der Waals surface area contributed by atoms with Gasteiger partial charge in [-0.05, 0) is 12.2 Å². The molecule has 0 saturated heterocycles. The second-order valence-corrected chi connectivity index (χ2v) is 1.12. The van der Waals surface area contributed by atoms with Crippen LogP contribution in [0.25, 0.3) is 0 Å². The van der Waals surface area contributed by atoms with Crippen molar-refractivity contribution in [3.05, 3.63) is 24.6 Å². The first kappa shape index (κ1) is 8.24. The zero-order valence-corrected chi connectivity index (χ0v) is 5.02. The minimum Gasteiger partial charge on any atom is -0.211 e. The summed E-state index contributed by atoms with van der Waals surface area (Å²) in [6, 6.07) is 0. The Morgan fingerprint density at radius 2 is 1.30 bits per heavy atom. The van der Waals surface area contributed by atoms with Gasteiger partial charge in [-0.3, -0.25) is 0 Å². The highest BCUT2D eigenvalue weighted by molar-refractivity contribution is 5.35.